The lowest BCUT2D eigenvalue weighted by molar-refractivity contribution is -0.142. The lowest BCUT2D eigenvalue weighted by atomic mass is 10.2. The van der Waals surface area contributed by atoms with Gasteiger partial charge in [-0.15, -0.1) is 0 Å². The zero-order chi connectivity index (χ0) is 10.6. The lowest BCUT2D eigenvalue weighted by Crippen LogP contribution is -2.42. The van der Waals surface area contributed by atoms with Crippen molar-refractivity contribution in [3.05, 3.63) is 30.3 Å². The molecule has 1 aliphatic rings. The van der Waals surface area contributed by atoms with Gasteiger partial charge in [0.15, 0.2) is 9.76 Å². The van der Waals surface area contributed by atoms with Crippen LogP contribution < -0.4 is 5.19 Å². The highest BCUT2D eigenvalue weighted by Crippen LogP contribution is 2.22. The Morgan fingerprint density at radius 1 is 1.27 bits per heavy atom. The van der Waals surface area contributed by atoms with Gasteiger partial charge >= 0.3 is 0 Å². The minimum atomic E-state index is -0.603. The Kier molecular flexibility index (Phi) is 3.74. The first kappa shape index (κ1) is 11.1. The van der Waals surface area contributed by atoms with Gasteiger partial charge in [0.1, 0.15) is 5.41 Å². The van der Waals surface area contributed by atoms with Gasteiger partial charge in [0, 0.05) is 6.61 Å². The van der Waals surface area contributed by atoms with Crippen LogP contribution in [0.3, 0.4) is 0 Å². The Bertz CT molecular complexity index is 297. The van der Waals surface area contributed by atoms with Crippen molar-refractivity contribution in [2.24, 2.45) is 0 Å². The lowest BCUT2D eigenvalue weighted by Gasteiger charge is -2.34. The molecule has 0 spiro atoms. The van der Waals surface area contributed by atoms with Crippen LogP contribution in [0.25, 0.3) is 0 Å². The third kappa shape index (κ3) is 3.27. The minimum absolute atomic E-state index is 0.166. The fourth-order valence-electron chi connectivity index (χ4n) is 1.83. The van der Waals surface area contributed by atoms with E-state index in [1.807, 2.05) is 6.07 Å². The van der Waals surface area contributed by atoms with Crippen LogP contribution in [0.4, 0.5) is 0 Å². The molecule has 0 aliphatic carbocycles. The molecule has 0 radical (unpaired) electrons. The second-order valence-corrected chi connectivity index (χ2v) is 7.13. The van der Waals surface area contributed by atoms with Crippen LogP contribution in [0.15, 0.2) is 30.3 Å². The van der Waals surface area contributed by atoms with Gasteiger partial charge in [-0.05, 0) is 24.4 Å². The summed E-state index contributed by atoms with van der Waals surface area (Å²) in [6.45, 7) is 0.882. The second kappa shape index (κ2) is 5.07. The summed E-state index contributed by atoms with van der Waals surface area (Å²) in [6, 6.07) is 10.5. The van der Waals surface area contributed by atoms with E-state index in [2.05, 4.69) is 24.3 Å². The van der Waals surface area contributed by atoms with E-state index < -0.39 is 9.76 Å². The van der Waals surface area contributed by atoms with Crippen molar-refractivity contribution in [1.29, 1.82) is 0 Å². The van der Waals surface area contributed by atoms with Crippen molar-refractivity contribution in [3.63, 3.8) is 0 Å². The van der Waals surface area contributed by atoms with Crippen molar-refractivity contribution in [2.45, 2.75) is 24.7 Å². The zero-order valence-electron chi connectivity index (χ0n) is 9.24. The normalized spacial score (nSPS) is 27.5. The number of hydrogen-bond acceptors (Lipinski definition) is 2. The molecule has 1 atom stereocenters. The number of hydrogen-bond donors (Lipinski definition) is 0. The molecular weight excluding hydrogens is 220 g/mol. The SMILES string of the molecule is [SiH3]C1(O[SiH2]c2ccccc2)CCCCO1. The molecule has 1 aliphatic heterocycles. The molecule has 2 nitrogen and oxygen atoms in total. The van der Waals surface area contributed by atoms with Crippen molar-refractivity contribution >= 4 is 25.2 Å². The first-order valence-corrected chi connectivity index (χ1v) is 7.89. The summed E-state index contributed by atoms with van der Waals surface area (Å²) < 4.78 is 11.8. The first-order valence-electron chi connectivity index (χ1n) is 5.60. The molecule has 15 heavy (non-hydrogen) atoms. The topological polar surface area (TPSA) is 18.5 Å². The van der Waals surface area contributed by atoms with Crippen LogP contribution in [-0.4, -0.2) is 32.0 Å². The molecule has 0 saturated carbocycles. The molecule has 0 N–H and O–H groups in total. The van der Waals surface area contributed by atoms with Crippen LogP contribution in [-0.2, 0) is 9.16 Å². The second-order valence-electron chi connectivity index (χ2n) is 4.21. The van der Waals surface area contributed by atoms with E-state index in [1.54, 1.807) is 0 Å². The number of benzene rings is 1. The Hall–Kier alpha value is -0.426. The van der Waals surface area contributed by atoms with Gasteiger partial charge in [-0.1, -0.05) is 30.3 Å². The fraction of sp³-hybridized carbons (Fsp3) is 0.455. The van der Waals surface area contributed by atoms with Gasteiger partial charge in [-0.2, -0.15) is 0 Å². The molecule has 1 heterocycles. The van der Waals surface area contributed by atoms with Crippen LogP contribution in [0.1, 0.15) is 19.3 Å². The van der Waals surface area contributed by atoms with E-state index in [1.165, 1.54) is 18.0 Å². The van der Waals surface area contributed by atoms with Gasteiger partial charge in [0.25, 0.3) is 0 Å². The van der Waals surface area contributed by atoms with E-state index in [4.69, 9.17) is 9.16 Å². The third-order valence-corrected chi connectivity index (χ3v) is 6.03. The zero-order valence-corrected chi connectivity index (χ0v) is 12.7. The maximum atomic E-state index is 6.03. The summed E-state index contributed by atoms with van der Waals surface area (Å²) in [5, 5.41) is 1.36. The molecular formula is C11H18O2Si2. The predicted molar refractivity (Wildman–Crippen MR) is 68.2 cm³/mol. The largest absolute Gasteiger partial charge is 0.396 e. The molecule has 82 valence electrons. The Balaban J connectivity index is 1.87. The van der Waals surface area contributed by atoms with Gasteiger partial charge in [0.05, 0.1) is 10.2 Å². The maximum Gasteiger partial charge on any atom is 0.195 e. The van der Waals surface area contributed by atoms with Crippen molar-refractivity contribution in [3.8, 4) is 0 Å². The first-order chi connectivity index (χ1) is 7.29. The monoisotopic (exact) mass is 238 g/mol. The molecule has 2 rings (SSSR count). The van der Waals surface area contributed by atoms with Crippen LogP contribution in [0.5, 0.6) is 0 Å². The summed E-state index contributed by atoms with van der Waals surface area (Å²) in [4.78, 5) is 0. The van der Waals surface area contributed by atoms with Crippen molar-refractivity contribution < 1.29 is 9.16 Å². The third-order valence-electron chi connectivity index (χ3n) is 2.82. The smallest absolute Gasteiger partial charge is 0.195 e. The summed E-state index contributed by atoms with van der Waals surface area (Å²) in [6.07, 6.45) is 3.55. The van der Waals surface area contributed by atoms with E-state index in [-0.39, 0.29) is 5.41 Å². The predicted octanol–water partition coefficient (Wildman–Crippen LogP) is -0.368. The highest BCUT2D eigenvalue weighted by atomic mass is 28.2. The van der Waals surface area contributed by atoms with Crippen molar-refractivity contribution in [2.75, 3.05) is 6.61 Å². The molecule has 4 heteroatoms. The molecule has 1 aromatic carbocycles. The molecule has 1 unspecified atom stereocenters. The Morgan fingerprint density at radius 2 is 2.07 bits per heavy atom. The Morgan fingerprint density at radius 3 is 2.73 bits per heavy atom. The average molecular weight is 238 g/mol. The molecule has 0 amide bonds. The molecule has 0 bridgehead atoms. The fourth-order valence-corrected chi connectivity index (χ4v) is 3.99. The molecule has 0 aromatic heterocycles. The van der Waals surface area contributed by atoms with E-state index in [0.717, 1.165) is 23.3 Å². The van der Waals surface area contributed by atoms with E-state index in [0.29, 0.717) is 0 Å². The molecule has 1 fully saturated rings. The van der Waals surface area contributed by atoms with Gasteiger partial charge in [0.2, 0.25) is 0 Å². The van der Waals surface area contributed by atoms with Crippen LogP contribution in [0, 0.1) is 0 Å². The van der Waals surface area contributed by atoms with Gasteiger partial charge in [-0.3, -0.25) is 0 Å². The minimum Gasteiger partial charge on any atom is -0.396 e. The van der Waals surface area contributed by atoms with E-state index in [9.17, 15) is 0 Å². The van der Waals surface area contributed by atoms with Crippen LogP contribution in [0.2, 0.25) is 0 Å². The highest BCUT2D eigenvalue weighted by Gasteiger charge is 2.27. The quantitative estimate of drug-likeness (QED) is 0.669. The summed E-state index contributed by atoms with van der Waals surface area (Å²) in [7, 11) is 0.378. The summed E-state index contributed by atoms with van der Waals surface area (Å²) in [5.41, 5.74) is -0.166. The van der Waals surface area contributed by atoms with Gasteiger partial charge in [-0.25, -0.2) is 0 Å². The highest BCUT2D eigenvalue weighted by molar-refractivity contribution is 6.47. The molecule has 1 aromatic rings. The van der Waals surface area contributed by atoms with Crippen molar-refractivity contribution in [1.82, 2.24) is 0 Å². The van der Waals surface area contributed by atoms with E-state index >= 15 is 0 Å². The molecule has 1 saturated heterocycles. The van der Waals surface area contributed by atoms with Gasteiger partial charge < -0.3 is 9.16 Å². The summed E-state index contributed by atoms with van der Waals surface area (Å²) >= 11 is 0. The number of ether oxygens (including phenoxy) is 1. The standard InChI is InChI=1S/C11H18O2Si2/c14-11(8-4-5-9-12-11)13-15-10-6-2-1-3-7-10/h1-3,6-7H,4-5,8-9,15H2,14H3. The van der Waals surface area contributed by atoms with Crippen LogP contribution >= 0.6 is 0 Å². The Labute approximate surface area is 96.3 Å². The maximum absolute atomic E-state index is 6.03. The number of rotatable bonds is 3. The summed E-state index contributed by atoms with van der Waals surface area (Å²) in [5.74, 6) is 0. The average Bonchev–Trinajstić information content (AvgIpc) is 2.29.